The normalized spacial score (nSPS) is 9.26. The van der Waals surface area contributed by atoms with E-state index in [0.29, 0.717) is 6.61 Å². The van der Waals surface area contributed by atoms with Gasteiger partial charge in [-0.1, -0.05) is 31.4 Å². The van der Waals surface area contributed by atoms with Gasteiger partial charge in [0.2, 0.25) is 0 Å². The fourth-order valence-corrected chi connectivity index (χ4v) is 1.69. The van der Waals surface area contributed by atoms with Gasteiger partial charge in [-0.3, -0.25) is 0 Å². The molecule has 0 bridgehead atoms. The maximum absolute atomic E-state index is 8.81. The molecule has 0 unspecified atom stereocenters. The molecule has 0 fully saturated rings. The minimum atomic E-state index is 0.0870. The van der Waals surface area contributed by atoms with Crippen molar-refractivity contribution in [1.82, 2.24) is 0 Å². The number of aryl methyl sites for hydroxylation is 1. The molecular formula is C16H18N2O. The minimum absolute atomic E-state index is 0.0870. The summed E-state index contributed by atoms with van der Waals surface area (Å²) in [5, 5.41) is 17.6. The fraction of sp³-hybridized carbons (Fsp3) is 0.375. The monoisotopic (exact) mass is 254 g/mol. The Morgan fingerprint density at radius 2 is 2.00 bits per heavy atom. The van der Waals surface area contributed by atoms with Gasteiger partial charge in [0.1, 0.15) is 23.5 Å². The first-order valence-electron chi connectivity index (χ1n) is 6.46. The van der Waals surface area contributed by atoms with Crippen LogP contribution in [0.1, 0.15) is 37.3 Å². The van der Waals surface area contributed by atoms with E-state index in [1.807, 2.05) is 37.3 Å². The standard InChI is InChI=1S/C16H18N2O/c1-3-4-5-8-19-16-7-6-13(2)9-15(16)10-14(11-17)12-18/h6-7,9-10H,3-5,8H2,1-2H3. The van der Waals surface area contributed by atoms with Gasteiger partial charge in [0, 0.05) is 5.56 Å². The van der Waals surface area contributed by atoms with Crippen LogP contribution in [0.25, 0.3) is 6.08 Å². The molecule has 3 nitrogen and oxygen atoms in total. The maximum Gasteiger partial charge on any atom is 0.130 e. The second-order valence-corrected chi connectivity index (χ2v) is 4.38. The van der Waals surface area contributed by atoms with Crippen LogP contribution in [-0.2, 0) is 0 Å². The van der Waals surface area contributed by atoms with E-state index in [9.17, 15) is 0 Å². The highest BCUT2D eigenvalue weighted by atomic mass is 16.5. The summed E-state index contributed by atoms with van der Waals surface area (Å²) in [6, 6.07) is 9.51. The summed E-state index contributed by atoms with van der Waals surface area (Å²) in [6.07, 6.45) is 4.87. The molecule has 1 aromatic rings. The molecule has 98 valence electrons. The molecule has 1 aromatic carbocycles. The lowest BCUT2D eigenvalue weighted by Gasteiger charge is -2.09. The fourth-order valence-electron chi connectivity index (χ4n) is 1.69. The zero-order valence-electron chi connectivity index (χ0n) is 11.4. The van der Waals surface area contributed by atoms with Gasteiger partial charge >= 0.3 is 0 Å². The van der Waals surface area contributed by atoms with E-state index in [1.165, 1.54) is 0 Å². The van der Waals surface area contributed by atoms with Crippen molar-refractivity contribution in [3.05, 3.63) is 34.9 Å². The first kappa shape index (κ1) is 14.8. The zero-order valence-corrected chi connectivity index (χ0v) is 11.4. The summed E-state index contributed by atoms with van der Waals surface area (Å²) >= 11 is 0. The molecule has 0 radical (unpaired) electrons. The lowest BCUT2D eigenvalue weighted by atomic mass is 10.1. The van der Waals surface area contributed by atoms with Crippen LogP contribution >= 0.6 is 0 Å². The predicted octanol–water partition coefficient (Wildman–Crippen LogP) is 3.99. The van der Waals surface area contributed by atoms with Gasteiger partial charge in [0.05, 0.1) is 6.61 Å². The molecule has 0 heterocycles. The molecule has 0 saturated carbocycles. The SMILES string of the molecule is CCCCCOc1ccc(C)cc1C=C(C#N)C#N. The highest BCUT2D eigenvalue weighted by molar-refractivity contribution is 5.66. The van der Waals surface area contributed by atoms with Crippen molar-refractivity contribution in [2.24, 2.45) is 0 Å². The number of hydrogen-bond acceptors (Lipinski definition) is 3. The van der Waals surface area contributed by atoms with Crippen molar-refractivity contribution in [2.45, 2.75) is 33.1 Å². The number of benzene rings is 1. The molecule has 0 N–H and O–H groups in total. The van der Waals surface area contributed by atoms with Gasteiger partial charge in [-0.15, -0.1) is 0 Å². The van der Waals surface area contributed by atoms with Crippen molar-refractivity contribution in [3.8, 4) is 17.9 Å². The topological polar surface area (TPSA) is 56.8 Å². The van der Waals surface area contributed by atoms with Crippen molar-refractivity contribution in [2.75, 3.05) is 6.61 Å². The van der Waals surface area contributed by atoms with Crippen LogP contribution in [-0.4, -0.2) is 6.61 Å². The Bertz CT molecular complexity index is 517. The summed E-state index contributed by atoms with van der Waals surface area (Å²) in [5.74, 6) is 0.727. The Labute approximate surface area is 114 Å². The first-order chi connectivity index (χ1) is 9.21. The largest absolute Gasteiger partial charge is 0.493 e. The summed E-state index contributed by atoms with van der Waals surface area (Å²) in [4.78, 5) is 0. The minimum Gasteiger partial charge on any atom is -0.493 e. The van der Waals surface area contributed by atoms with Crippen LogP contribution in [0.4, 0.5) is 0 Å². The molecule has 0 atom stereocenters. The van der Waals surface area contributed by atoms with E-state index >= 15 is 0 Å². The third kappa shape index (κ3) is 4.85. The Morgan fingerprint density at radius 3 is 2.63 bits per heavy atom. The Kier molecular flexibility index (Phi) is 6.19. The molecule has 3 heteroatoms. The average molecular weight is 254 g/mol. The molecule has 0 saturated heterocycles. The quantitative estimate of drug-likeness (QED) is 0.569. The molecule has 0 spiro atoms. The number of nitrogens with zero attached hydrogens (tertiary/aromatic N) is 2. The van der Waals surface area contributed by atoms with Gasteiger partial charge in [-0.2, -0.15) is 10.5 Å². The van der Waals surface area contributed by atoms with E-state index in [1.54, 1.807) is 6.08 Å². The van der Waals surface area contributed by atoms with E-state index in [4.69, 9.17) is 15.3 Å². The Hall–Kier alpha value is -2.26. The number of ether oxygens (including phenoxy) is 1. The van der Waals surface area contributed by atoms with E-state index < -0.39 is 0 Å². The molecule has 0 aliphatic heterocycles. The smallest absolute Gasteiger partial charge is 0.130 e. The molecule has 0 aliphatic rings. The summed E-state index contributed by atoms with van der Waals surface area (Å²) < 4.78 is 5.72. The van der Waals surface area contributed by atoms with E-state index in [2.05, 4.69) is 6.92 Å². The summed E-state index contributed by atoms with van der Waals surface area (Å²) in [6.45, 7) is 4.77. The van der Waals surface area contributed by atoms with Crippen molar-refractivity contribution < 1.29 is 4.74 Å². The van der Waals surface area contributed by atoms with Crippen LogP contribution in [0.3, 0.4) is 0 Å². The number of unbranched alkanes of at least 4 members (excludes halogenated alkanes) is 2. The third-order valence-electron chi connectivity index (χ3n) is 2.71. The highest BCUT2D eigenvalue weighted by Crippen LogP contribution is 2.23. The zero-order chi connectivity index (χ0) is 14.1. The molecular weight excluding hydrogens is 236 g/mol. The maximum atomic E-state index is 8.81. The van der Waals surface area contributed by atoms with Gasteiger partial charge < -0.3 is 4.74 Å². The number of allylic oxidation sites excluding steroid dienone is 1. The number of rotatable bonds is 6. The summed E-state index contributed by atoms with van der Waals surface area (Å²) in [7, 11) is 0. The predicted molar refractivity (Wildman–Crippen MR) is 75.4 cm³/mol. The number of hydrogen-bond donors (Lipinski definition) is 0. The van der Waals surface area contributed by atoms with Crippen molar-refractivity contribution in [3.63, 3.8) is 0 Å². The lowest BCUT2D eigenvalue weighted by Crippen LogP contribution is -1.99. The molecule has 1 rings (SSSR count). The molecule has 19 heavy (non-hydrogen) atoms. The Balaban J connectivity index is 2.90. The van der Waals surface area contributed by atoms with Gasteiger partial charge in [0.15, 0.2) is 0 Å². The van der Waals surface area contributed by atoms with Crippen LogP contribution in [0, 0.1) is 29.6 Å². The van der Waals surface area contributed by atoms with Gasteiger partial charge in [-0.05, 0) is 31.6 Å². The lowest BCUT2D eigenvalue weighted by molar-refractivity contribution is 0.305. The van der Waals surface area contributed by atoms with Gasteiger partial charge in [-0.25, -0.2) is 0 Å². The molecule has 0 aromatic heterocycles. The number of nitriles is 2. The highest BCUT2D eigenvalue weighted by Gasteiger charge is 2.04. The van der Waals surface area contributed by atoms with Crippen molar-refractivity contribution >= 4 is 6.08 Å². The van der Waals surface area contributed by atoms with E-state index in [0.717, 1.165) is 36.1 Å². The van der Waals surface area contributed by atoms with Crippen molar-refractivity contribution in [1.29, 1.82) is 10.5 Å². The molecule has 0 aliphatic carbocycles. The average Bonchev–Trinajstić information content (AvgIpc) is 2.42. The summed E-state index contributed by atoms with van der Waals surface area (Å²) in [5.41, 5.74) is 1.95. The first-order valence-corrected chi connectivity index (χ1v) is 6.46. The van der Waals surface area contributed by atoms with Crippen LogP contribution in [0.15, 0.2) is 23.8 Å². The molecule has 0 amide bonds. The van der Waals surface area contributed by atoms with Crippen LogP contribution < -0.4 is 4.74 Å². The van der Waals surface area contributed by atoms with Crippen LogP contribution in [0.5, 0.6) is 5.75 Å². The van der Waals surface area contributed by atoms with Gasteiger partial charge in [0.25, 0.3) is 0 Å². The Morgan fingerprint density at radius 1 is 1.26 bits per heavy atom. The van der Waals surface area contributed by atoms with E-state index in [-0.39, 0.29) is 5.57 Å². The second-order valence-electron chi connectivity index (χ2n) is 4.38. The third-order valence-corrected chi connectivity index (χ3v) is 2.71. The van der Waals surface area contributed by atoms with Crippen LogP contribution in [0.2, 0.25) is 0 Å². The second kappa shape index (κ2) is 7.95.